The predicted molar refractivity (Wildman–Crippen MR) is 82.3 cm³/mol. The summed E-state index contributed by atoms with van der Waals surface area (Å²) in [7, 11) is 0. The first-order valence-corrected chi connectivity index (χ1v) is 7.28. The van der Waals surface area contributed by atoms with E-state index >= 15 is 0 Å². The van der Waals surface area contributed by atoms with Crippen molar-refractivity contribution in [3.63, 3.8) is 0 Å². The monoisotopic (exact) mass is 354 g/mol. The number of amides is 1. The number of aromatic nitrogens is 2. The van der Waals surface area contributed by atoms with Crippen LogP contribution in [-0.4, -0.2) is 15.7 Å². The van der Waals surface area contributed by atoms with Gasteiger partial charge in [0.1, 0.15) is 11.5 Å². The molecule has 0 aliphatic carbocycles. The molecule has 5 nitrogen and oxygen atoms in total. The third-order valence-electron chi connectivity index (χ3n) is 3.14. The normalized spacial score (nSPS) is 10.7. The number of nitrogen functional groups attached to an aromatic ring is 1. The van der Waals surface area contributed by atoms with Crippen LogP contribution in [-0.2, 0) is 13.1 Å². The van der Waals surface area contributed by atoms with Crippen LogP contribution in [0.15, 0.2) is 22.7 Å². The van der Waals surface area contributed by atoms with Crippen molar-refractivity contribution in [3.8, 4) is 0 Å². The maximum atomic E-state index is 13.2. The van der Waals surface area contributed by atoms with Crippen LogP contribution in [0.1, 0.15) is 28.7 Å². The molecule has 1 aromatic heterocycles. The molecule has 0 fully saturated rings. The summed E-state index contributed by atoms with van der Waals surface area (Å²) >= 11 is 3.32. The van der Waals surface area contributed by atoms with Gasteiger partial charge in [-0.1, -0.05) is 15.9 Å². The number of rotatable bonds is 4. The van der Waals surface area contributed by atoms with Gasteiger partial charge in [-0.2, -0.15) is 5.10 Å². The number of hydrogen-bond donors (Lipinski definition) is 2. The number of hydrogen-bond acceptors (Lipinski definition) is 3. The fourth-order valence-corrected chi connectivity index (χ4v) is 2.39. The van der Waals surface area contributed by atoms with Gasteiger partial charge < -0.3 is 11.1 Å². The van der Waals surface area contributed by atoms with Crippen molar-refractivity contribution in [2.45, 2.75) is 26.9 Å². The maximum Gasteiger partial charge on any atom is 0.271 e. The van der Waals surface area contributed by atoms with Crippen LogP contribution in [0.3, 0.4) is 0 Å². The first-order chi connectivity index (χ1) is 9.93. The molecule has 3 N–H and O–H groups in total. The molecule has 1 aromatic carbocycles. The number of anilines is 1. The number of nitrogens with two attached hydrogens (primary N) is 1. The third-order valence-corrected chi connectivity index (χ3v) is 3.91. The molecule has 112 valence electrons. The van der Waals surface area contributed by atoms with E-state index < -0.39 is 0 Å². The van der Waals surface area contributed by atoms with Crippen molar-refractivity contribution in [1.82, 2.24) is 15.1 Å². The number of carbonyl (C=O) groups excluding carboxylic acids is 1. The van der Waals surface area contributed by atoms with Gasteiger partial charge in [-0.25, -0.2) is 4.39 Å². The second-order valence-electron chi connectivity index (χ2n) is 4.58. The molecule has 1 heterocycles. The Labute approximate surface area is 130 Å². The van der Waals surface area contributed by atoms with Crippen molar-refractivity contribution >= 4 is 27.5 Å². The van der Waals surface area contributed by atoms with Gasteiger partial charge in [-0.05, 0) is 37.6 Å². The van der Waals surface area contributed by atoms with Crippen LogP contribution in [0.25, 0.3) is 0 Å². The van der Waals surface area contributed by atoms with Crippen molar-refractivity contribution in [2.24, 2.45) is 0 Å². The van der Waals surface area contributed by atoms with Gasteiger partial charge in [-0.3, -0.25) is 9.48 Å². The first-order valence-electron chi connectivity index (χ1n) is 6.49. The second-order valence-corrected chi connectivity index (χ2v) is 5.44. The topological polar surface area (TPSA) is 72.9 Å². The Balaban J connectivity index is 2.17. The van der Waals surface area contributed by atoms with Crippen LogP contribution in [0.5, 0.6) is 0 Å². The smallest absolute Gasteiger partial charge is 0.271 e. The van der Waals surface area contributed by atoms with Gasteiger partial charge in [0.05, 0.1) is 11.4 Å². The number of aryl methyl sites for hydroxylation is 2. The quantitative estimate of drug-likeness (QED) is 0.886. The van der Waals surface area contributed by atoms with Gasteiger partial charge in [0.2, 0.25) is 0 Å². The highest BCUT2D eigenvalue weighted by atomic mass is 79.9. The molecular formula is C14H16BrFN4O. The summed E-state index contributed by atoms with van der Waals surface area (Å²) in [6.45, 7) is 4.38. The lowest BCUT2D eigenvalue weighted by atomic mass is 10.2. The summed E-state index contributed by atoms with van der Waals surface area (Å²) < 4.78 is 15.5. The van der Waals surface area contributed by atoms with E-state index in [2.05, 4.69) is 26.3 Å². The molecule has 0 saturated carbocycles. The molecule has 0 radical (unpaired) electrons. The molecular weight excluding hydrogens is 339 g/mol. The van der Waals surface area contributed by atoms with Gasteiger partial charge >= 0.3 is 0 Å². The minimum atomic E-state index is -0.351. The van der Waals surface area contributed by atoms with E-state index in [1.807, 2.05) is 6.92 Å². The van der Waals surface area contributed by atoms with Gasteiger partial charge in [0, 0.05) is 17.6 Å². The number of halogens is 2. The van der Waals surface area contributed by atoms with Crippen molar-refractivity contribution in [3.05, 3.63) is 45.4 Å². The summed E-state index contributed by atoms with van der Waals surface area (Å²) in [4.78, 5) is 12.3. The van der Waals surface area contributed by atoms with E-state index in [4.69, 9.17) is 5.73 Å². The number of benzene rings is 1. The Hall–Kier alpha value is -1.89. The third kappa shape index (κ3) is 3.24. The van der Waals surface area contributed by atoms with E-state index in [-0.39, 0.29) is 18.3 Å². The number of nitrogens with one attached hydrogen (secondary N) is 1. The zero-order chi connectivity index (χ0) is 15.6. The fraction of sp³-hybridized carbons (Fsp3) is 0.286. The fourth-order valence-electron chi connectivity index (χ4n) is 2.00. The average Bonchev–Trinajstić information content (AvgIpc) is 2.75. The van der Waals surface area contributed by atoms with Crippen LogP contribution in [0.4, 0.5) is 10.1 Å². The summed E-state index contributed by atoms with van der Waals surface area (Å²) in [5, 5.41) is 6.93. The molecule has 21 heavy (non-hydrogen) atoms. The Bertz CT molecular complexity index is 684. The molecule has 2 rings (SSSR count). The van der Waals surface area contributed by atoms with Crippen molar-refractivity contribution in [2.75, 3.05) is 5.73 Å². The molecule has 1 amide bonds. The van der Waals surface area contributed by atoms with Crippen molar-refractivity contribution < 1.29 is 9.18 Å². The summed E-state index contributed by atoms with van der Waals surface area (Å²) in [5.74, 6) is -0.678. The zero-order valence-corrected chi connectivity index (χ0v) is 13.4. The molecule has 7 heteroatoms. The van der Waals surface area contributed by atoms with Crippen LogP contribution >= 0.6 is 15.9 Å². The minimum absolute atomic E-state index is 0.199. The summed E-state index contributed by atoms with van der Waals surface area (Å²) in [6, 6.07) is 4.32. The van der Waals surface area contributed by atoms with Gasteiger partial charge in [0.15, 0.2) is 0 Å². The molecule has 2 aromatic rings. The van der Waals surface area contributed by atoms with Crippen molar-refractivity contribution in [1.29, 1.82) is 0 Å². The van der Waals surface area contributed by atoms with E-state index in [1.54, 1.807) is 17.7 Å². The molecule has 0 saturated heterocycles. The predicted octanol–water partition coefficient (Wildman–Crippen LogP) is 2.63. The maximum absolute atomic E-state index is 13.2. The SMILES string of the molecule is CCn1nc(C)c(N)c1C(=O)NCc1cc(F)ccc1Br. The highest BCUT2D eigenvalue weighted by molar-refractivity contribution is 9.10. The van der Waals surface area contributed by atoms with E-state index in [0.717, 1.165) is 4.47 Å². The van der Waals surface area contributed by atoms with Crippen LogP contribution in [0.2, 0.25) is 0 Å². The summed E-state index contributed by atoms with van der Waals surface area (Å²) in [5.41, 5.74) is 7.87. The Morgan fingerprint density at radius 1 is 1.52 bits per heavy atom. The lowest BCUT2D eigenvalue weighted by Gasteiger charge is -2.09. The van der Waals surface area contributed by atoms with Gasteiger partial charge in [-0.15, -0.1) is 0 Å². The van der Waals surface area contributed by atoms with E-state index in [1.165, 1.54) is 12.1 Å². The average molecular weight is 355 g/mol. The zero-order valence-electron chi connectivity index (χ0n) is 11.8. The summed E-state index contributed by atoms with van der Waals surface area (Å²) in [6.07, 6.45) is 0. The first kappa shape index (κ1) is 15.5. The largest absolute Gasteiger partial charge is 0.395 e. The molecule has 0 bridgehead atoms. The Morgan fingerprint density at radius 3 is 2.90 bits per heavy atom. The standard InChI is InChI=1S/C14H16BrFN4O/c1-3-20-13(12(17)8(2)19-20)14(21)18-7-9-6-10(16)4-5-11(9)15/h4-6H,3,7,17H2,1-2H3,(H,18,21). The van der Waals surface area contributed by atoms with Crippen LogP contribution in [0, 0.1) is 12.7 Å². The highest BCUT2D eigenvalue weighted by Crippen LogP contribution is 2.19. The minimum Gasteiger partial charge on any atom is -0.395 e. The van der Waals surface area contributed by atoms with E-state index in [9.17, 15) is 9.18 Å². The lowest BCUT2D eigenvalue weighted by Crippen LogP contribution is -2.26. The van der Waals surface area contributed by atoms with Gasteiger partial charge in [0.25, 0.3) is 5.91 Å². The molecule has 0 atom stereocenters. The lowest BCUT2D eigenvalue weighted by molar-refractivity contribution is 0.0941. The van der Waals surface area contributed by atoms with Crippen LogP contribution < -0.4 is 11.1 Å². The molecule has 0 aliphatic heterocycles. The Morgan fingerprint density at radius 2 is 2.24 bits per heavy atom. The Kier molecular flexibility index (Phi) is 4.62. The highest BCUT2D eigenvalue weighted by Gasteiger charge is 2.19. The number of nitrogens with zero attached hydrogens (tertiary/aromatic N) is 2. The molecule has 0 unspecified atom stereocenters. The van der Waals surface area contributed by atoms with E-state index in [0.29, 0.717) is 29.2 Å². The molecule has 0 spiro atoms. The number of carbonyl (C=O) groups is 1. The molecule has 0 aliphatic rings. The second kappa shape index (κ2) is 6.26.